The van der Waals surface area contributed by atoms with Crippen molar-refractivity contribution in [3.8, 4) is 11.5 Å². The summed E-state index contributed by atoms with van der Waals surface area (Å²) in [5.74, 6) is -2.33. The Bertz CT molecular complexity index is 1270. The monoisotopic (exact) mass is 738 g/mol. The van der Waals surface area contributed by atoms with E-state index in [1.54, 1.807) is 12.1 Å². The second kappa shape index (κ2) is 21.6. The average molecular weight is 739 g/mol. The van der Waals surface area contributed by atoms with Gasteiger partial charge in [-0.1, -0.05) is 77.3 Å². The van der Waals surface area contributed by atoms with Gasteiger partial charge in [0.15, 0.2) is 23.1 Å². The first-order chi connectivity index (χ1) is 24.6. The summed E-state index contributed by atoms with van der Waals surface area (Å²) in [6.45, 7) is 4.64. The van der Waals surface area contributed by atoms with Crippen LogP contribution in [0.4, 0.5) is 17.6 Å². The normalized spacial score (nSPS) is 22.1. The van der Waals surface area contributed by atoms with Gasteiger partial charge in [-0.15, -0.1) is 0 Å². The van der Waals surface area contributed by atoms with E-state index in [4.69, 9.17) is 9.47 Å². The van der Waals surface area contributed by atoms with Crippen molar-refractivity contribution in [3.05, 3.63) is 58.7 Å². The zero-order chi connectivity index (χ0) is 36.6. The SMILES string of the molecule is CCCCCC1CCC(c2ccc(OCCCCP(=O)(O)CCCCOc3ccc(C4CCC(CCCCC)CC4)c(F)c3F)c(F)c2F)CC1. The van der Waals surface area contributed by atoms with Crippen LogP contribution in [-0.2, 0) is 4.57 Å². The van der Waals surface area contributed by atoms with Crippen LogP contribution in [0.25, 0.3) is 0 Å². The lowest BCUT2D eigenvalue weighted by Gasteiger charge is -2.29. The molecule has 0 atom stereocenters. The van der Waals surface area contributed by atoms with Crippen molar-refractivity contribution in [2.45, 2.75) is 154 Å². The Labute approximate surface area is 304 Å². The molecular formula is C42H63F4O4P. The number of rotatable bonds is 22. The molecule has 0 radical (unpaired) electrons. The van der Waals surface area contributed by atoms with Crippen LogP contribution in [0.1, 0.15) is 165 Å². The molecule has 2 aliphatic rings. The van der Waals surface area contributed by atoms with Crippen molar-refractivity contribution in [1.82, 2.24) is 0 Å². The molecule has 2 fully saturated rings. The molecule has 0 bridgehead atoms. The van der Waals surface area contributed by atoms with Gasteiger partial charge in [0, 0.05) is 12.3 Å². The van der Waals surface area contributed by atoms with E-state index in [1.807, 2.05) is 0 Å². The molecular weight excluding hydrogens is 675 g/mol. The third-order valence-electron chi connectivity index (χ3n) is 11.5. The van der Waals surface area contributed by atoms with Crippen LogP contribution in [0.5, 0.6) is 11.5 Å². The van der Waals surface area contributed by atoms with Crippen LogP contribution in [0, 0.1) is 35.1 Å². The minimum absolute atomic E-state index is 0.0383. The lowest BCUT2D eigenvalue weighted by Crippen LogP contribution is -2.15. The van der Waals surface area contributed by atoms with E-state index >= 15 is 0 Å². The molecule has 0 spiro atoms. The molecule has 51 heavy (non-hydrogen) atoms. The lowest BCUT2D eigenvalue weighted by molar-refractivity contribution is 0.281. The Morgan fingerprint density at radius 1 is 0.569 bits per heavy atom. The van der Waals surface area contributed by atoms with E-state index in [2.05, 4.69) is 13.8 Å². The Hall–Kier alpha value is -2.05. The lowest BCUT2D eigenvalue weighted by atomic mass is 9.77. The number of benzene rings is 2. The highest BCUT2D eigenvalue weighted by Gasteiger charge is 2.28. The molecule has 0 aliphatic heterocycles. The number of ether oxygens (including phenoxy) is 2. The molecule has 0 heterocycles. The first kappa shape index (κ1) is 41.7. The third-order valence-corrected chi connectivity index (χ3v) is 13.5. The van der Waals surface area contributed by atoms with Crippen LogP contribution in [0.3, 0.4) is 0 Å². The zero-order valence-electron chi connectivity index (χ0n) is 31.2. The van der Waals surface area contributed by atoms with Crippen LogP contribution in [0.15, 0.2) is 24.3 Å². The summed E-state index contributed by atoms with van der Waals surface area (Å²) in [5.41, 5.74) is 0.878. The van der Waals surface area contributed by atoms with Crippen LogP contribution in [0.2, 0.25) is 0 Å². The fraction of sp³-hybridized carbons (Fsp3) is 0.714. The minimum atomic E-state index is -3.40. The molecule has 0 unspecified atom stereocenters. The Kier molecular flexibility index (Phi) is 17.7. The van der Waals surface area contributed by atoms with Crippen molar-refractivity contribution in [1.29, 1.82) is 0 Å². The van der Waals surface area contributed by atoms with Crippen molar-refractivity contribution in [2.24, 2.45) is 11.8 Å². The topological polar surface area (TPSA) is 55.8 Å². The number of halogens is 4. The quantitative estimate of drug-likeness (QED) is 0.0742. The maximum absolute atomic E-state index is 15.0. The molecule has 2 aromatic rings. The van der Waals surface area contributed by atoms with E-state index in [0.717, 1.165) is 51.4 Å². The fourth-order valence-corrected chi connectivity index (χ4v) is 9.89. The molecule has 4 rings (SSSR count). The predicted molar refractivity (Wildman–Crippen MR) is 199 cm³/mol. The smallest absolute Gasteiger partial charge is 0.200 e. The molecule has 4 nitrogen and oxygen atoms in total. The Morgan fingerprint density at radius 2 is 0.961 bits per heavy atom. The summed E-state index contributed by atoms with van der Waals surface area (Å²) in [4.78, 5) is 10.4. The molecule has 1 N–H and O–H groups in total. The molecule has 0 aromatic heterocycles. The number of hydrogen-bond acceptors (Lipinski definition) is 3. The van der Waals surface area contributed by atoms with Crippen molar-refractivity contribution < 1.29 is 36.5 Å². The van der Waals surface area contributed by atoms with Crippen LogP contribution >= 0.6 is 7.37 Å². The first-order valence-electron chi connectivity index (χ1n) is 20.2. The summed E-state index contributed by atoms with van der Waals surface area (Å²) < 4.78 is 83.4. The highest BCUT2D eigenvalue weighted by Crippen LogP contribution is 2.43. The largest absolute Gasteiger partial charge is 0.490 e. The van der Waals surface area contributed by atoms with Gasteiger partial charge in [0.25, 0.3) is 0 Å². The van der Waals surface area contributed by atoms with Gasteiger partial charge < -0.3 is 14.4 Å². The standard InChI is InChI=1S/C42H63F4O4P/c1-3-5-7-13-31-15-19-33(20-16-31)35-23-25-37(41(45)39(35)43)49-27-9-11-29-51(47,48)30-12-10-28-50-38-26-24-36(40(44)42(38)46)34-21-17-32(18-22-34)14-8-6-4-2/h23-26,31-34H,3-22,27-30H2,1-2H3,(H,47,48). The van der Waals surface area contributed by atoms with E-state index in [1.165, 1.54) is 63.5 Å². The second-order valence-corrected chi connectivity index (χ2v) is 18.0. The van der Waals surface area contributed by atoms with Crippen molar-refractivity contribution in [2.75, 3.05) is 25.5 Å². The predicted octanol–water partition coefficient (Wildman–Crippen LogP) is 13.2. The van der Waals surface area contributed by atoms with Gasteiger partial charge in [-0.25, -0.2) is 8.78 Å². The molecule has 9 heteroatoms. The minimum Gasteiger partial charge on any atom is -0.490 e. The van der Waals surface area contributed by atoms with Gasteiger partial charge in [0.05, 0.1) is 13.2 Å². The van der Waals surface area contributed by atoms with Gasteiger partial charge in [0.2, 0.25) is 19.0 Å². The number of unbranched alkanes of at least 4 members (excludes halogenated alkanes) is 6. The van der Waals surface area contributed by atoms with Gasteiger partial charge in [-0.3, -0.25) is 4.57 Å². The van der Waals surface area contributed by atoms with Gasteiger partial charge in [-0.2, -0.15) is 8.78 Å². The second-order valence-electron chi connectivity index (χ2n) is 15.4. The summed E-state index contributed by atoms with van der Waals surface area (Å²) >= 11 is 0. The maximum Gasteiger partial charge on any atom is 0.200 e. The van der Waals surface area contributed by atoms with Gasteiger partial charge in [0.1, 0.15) is 0 Å². The van der Waals surface area contributed by atoms with Crippen LogP contribution < -0.4 is 9.47 Å². The molecule has 2 saturated carbocycles. The highest BCUT2D eigenvalue weighted by atomic mass is 31.2. The first-order valence-corrected chi connectivity index (χ1v) is 22.2. The summed E-state index contributed by atoms with van der Waals surface area (Å²) in [5, 5.41) is 0. The Morgan fingerprint density at radius 3 is 1.33 bits per heavy atom. The van der Waals surface area contributed by atoms with Crippen LogP contribution in [-0.4, -0.2) is 30.4 Å². The van der Waals surface area contributed by atoms with E-state index in [0.29, 0.717) is 48.6 Å². The van der Waals surface area contributed by atoms with E-state index in [-0.39, 0.29) is 48.9 Å². The fourth-order valence-electron chi connectivity index (χ4n) is 8.24. The van der Waals surface area contributed by atoms with Gasteiger partial charge >= 0.3 is 0 Å². The van der Waals surface area contributed by atoms with Gasteiger partial charge in [-0.05, 0) is 124 Å². The molecule has 288 valence electrons. The van der Waals surface area contributed by atoms with E-state index in [9.17, 15) is 27.0 Å². The number of hydrogen-bond donors (Lipinski definition) is 1. The van der Waals surface area contributed by atoms with E-state index < -0.39 is 30.6 Å². The molecule has 2 aliphatic carbocycles. The zero-order valence-corrected chi connectivity index (χ0v) is 32.1. The maximum atomic E-state index is 15.0. The summed E-state index contributed by atoms with van der Waals surface area (Å²) in [6.07, 6.45) is 19.5. The Balaban J connectivity index is 1.09. The highest BCUT2D eigenvalue weighted by molar-refractivity contribution is 7.57. The average Bonchev–Trinajstić information content (AvgIpc) is 3.12. The third kappa shape index (κ3) is 13.1. The summed E-state index contributed by atoms with van der Waals surface area (Å²) in [7, 11) is -3.40. The molecule has 0 amide bonds. The molecule has 0 saturated heterocycles. The summed E-state index contributed by atoms with van der Waals surface area (Å²) in [6, 6.07) is 6.33. The van der Waals surface area contributed by atoms with Crippen molar-refractivity contribution in [3.63, 3.8) is 0 Å². The molecule has 2 aromatic carbocycles. The van der Waals surface area contributed by atoms with Crippen molar-refractivity contribution >= 4 is 7.37 Å².